The molecule has 0 unspecified atom stereocenters. The first-order valence-corrected chi connectivity index (χ1v) is 6.18. The molecular weight excluding hydrogens is 264 g/mol. The second-order valence-corrected chi connectivity index (χ2v) is 4.61. The van der Waals surface area contributed by atoms with Gasteiger partial charge in [-0.3, -0.25) is 0 Å². The van der Waals surface area contributed by atoms with Crippen molar-refractivity contribution in [1.29, 1.82) is 0 Å². The van der Waals surface area contributed by atoms with Crippen LogP contribution in [0.15, 0.2) is 52.9 Å². The minimum atomic E-state index is 0.214. The fourth-order valence-electron chi connectivity index (χ4n) is 1.83. The van der Waals surface area contributed by atoms with Crippen LogP contribution in [0, 0.1) is 0 Å². The number of halogens is 1. The Bertz CT molecular complexity index is 701. The maximum Gasteiger partial charge on any atom is 0.146 e. The molecule has 0 radical (unpaired) electrons. The van der Waals surface area contributed by atoms with Crippen LogP contribution in [-0.4, -0.2) is 5.11 Å². The summed E-state index contributed by atoms with van der Waals surface area (Å²) >= 11 is 5.90. The normalized spacial score (nSPS) is 10.8. The number of rotatable bonds is 3. The third-order valence-corrected chi connectivity index (χ3v) is 2.99. The van der Waals surface area contributed by atoms with Crippen molar-refractivity contribution in [2.45, 2.75) is 6.61 Å². The number of benzene rings is 2. The average molecular weight is 275 g/mol. The van der Waals surface area contributed by atoms with Gasteiger partial charge in [0.15, 0.2) is 0 Å². The lowest BCUT2D eigenvalue weighted by Gasteiger charge is -2.03. The monoisotopic (exact) mass is 274 g/mol. The van der Waals surface area contributed by atoms with Crippen molar-refractivity contribution in [1.82, 2.24) is 0 Å². The van der Waals surface area contributed by atoms with Crippen LogP contribution in [0.5, 0.6) is 11.5 Å². The smallest absolute Gasteiger partial charge is 0.146 e. The largest absolute Gasteiger partial charge is 0.508 e. The molecule has 0 saturated heterocycles. The van der Waals surface area contributed by atoms with Gasteiger partial charge in [-0.25, -0.2) is 0 Å². The van der Waals surface area contributed by atoms with Gasteiger partial charge in [-0.05, 0) is 42.5 Å². The summed E-state index contributed by atoms with van der Waals surface area (Å²) in [6.07, 6.45) is 0. The Balaban J connectivity index is 1.76. The van der Waals surface area contributed by atoms with E-state index in [1.807, 2.05) is 18.2 Å². The molecule has 19 heavy (non-hydrogen) atoms. The number of phenolic OH excluding ortho intramolecular Hbond substituents is 1. The van der Waals surface area contributed by atoms with E-state index >= 15 is 0 Å². The van der Waals surface area contributed by atoms with Gasteiger partial charge in [-0.2, -0.15) is 0 Å². The van der Waals surface area contributed by atoms with E-state index in [1.54, 1.807) is 30.3 Å². The van der Waals surface area contributed by atoms with Crippen LogP contribution in [0.4, 0.5) is 0 Å². The van der Waals surface area contributed by atoms with E-state index in [-0.39, 0.29) is 5.75 Å². The van der Waals surface area contributed by atoms with E-state index in [1.165, 1.54) is 0 Å². The minimum Gasteiger partial charge on any atom is -0.508 e. The van der Waals surface area contributed by atoms with Crippen LogP contribution in [0.1, 0.15) is 5.76 Å². The van der Waals surface area contributed by atoms with Gasteiger partial charge in [0.25, 0.3) is 0 Å². The van der Waals surface area contributed by atoms with Crippen molar-refractivity contribution >= 4 is 22.6 Å². The molecule has 0 amide bonds. The number of aromatic hydroxyl groups is 1. The molecule has 3 aromatic rings. The predicted octanol–water partition coefficient (Wildman–Crippen LogP) is 4.37. The summed E-state index contributed by atoms with van der Waals surface area (Å²) in [5.74, 6) is 1.62. The summed E-state index contributed by atoms with van der Waals surface area (Å²) in [6, 6.07) is 14.0. The van der Waals surface area contributed by atoms with E-state index in [2.05, 4.69) is 0 Å². The molecule has 2 aromatic carbocycles. The van der Waals surface area contributed by atoms with Crippen LogP contribution >= 0.6 is 11.6 Å². The quantitative estimate of drug-likeness (QED) is 0.771. The zero-order valence-electron chi connectivity index (χ0n) is 9.97. The fraction of sp³-hybridized carbons (Fsp3) is 0.0667. The SMILES string of the molecule is Oc1ccc(OCc2cc3ccc(Cl)cc3o2)cc1. The topological polar surface area (TPSA) is 42.6 Å². The number of furan rings is 1. The second-order valence-electron chi connectivity index (χ2n) is 4.18. The Morgan fingerprint density at radius 1 is 1.05 bits per heavy atom. The summed E-state index contributed by atoms with van der Waals surface area (Å²) in [6.45, 7) is 0.330. The van der Waals surface area contributed by atoms with Gasteiger partial charge >= 0.3 is 0 Å². The molecular formula is C15H11ClO3. The van der Waals surface area contributed by atoms with Crippen LogP contribution < -0.4 is 4.74 Å². The summed E-state index contributed by atoms with van der Waals surface area (Å²) in [5, 5.41) is 10.8. The standard InChI is InChI=1S/C15H11ClO3/c16-11-2-1-10-7-14(19-15(10)8-11)9-18-13-5-3-12(17)4-6-13/h1-8,17H,9H2. The van der Waals surface area contributed by atoms with Crippen molar-refractivity contribution < 1.29 is 14.3 Å². The number of phenols is 1. The van der Waals surface area contributed by atoms with E-state index in [0.717, 1.165) is 16.7 Å². The van der Waals surface area contributed by atoms with E-state index < -0.39 is 0 Å². The molecule has 0 bridgehead atoms. The van der Waals surface area contributed by atoms with Crippen LogP contribution in [0.3, 0.4) is 0 Å². The van der Waals surface area contributed by atoms with Crippen LogP contribution in [0.25, 0.3) is 11.0 Å². The van der Waals surface area contributed by atoms with Crippen LogP contribution in [-0.2, 0) is 6.61 Å². The molecule has 0 aliphatic rings. The highest BCUT2D eigenvalue weighted by molar-refractivity contribution is 6.31. The number of hydrogen-bond acceptors (Lipinski definition) is 3. The summed E-state index contributed by atoms with van der Waals surface area (Å²) in [5.41, 5.74) is 0.747. The fourth-order valence-corrected chi connectivity index (χ4v) is 1.99. The van der Waals surface area contributed by atoms with Crippen molar-refractivity contribution in [3.63, 3.8) is 0 Å². The molecule has 1 N–H and O–H groups in total. The van der Waals surface area contributed by atoms with Gasteiger partial charge in [0.1, 0.15) is 29.4 Å². The van der Waals surface area contributed by atoms with E-state index in [9.17, 15) is 5.11 Å². The Morgan fingerprint density at radius 2 is 1.84 bits per heavy atom. The number of fused-ring (bicyclic) bond motifs is 1. The van der Waals surface area contributed by atoms with Crippen molar-refractivity contribution in [2.24, 2.45) is 0 Å². The molecule has 0 fully saturated rings. The molecule has 96 valence electrons. The van der Waals surface area contributed by atoms with Gasteiger partial charge in [0.05, 0.1) is 0 Å². The Morgan fingerprint density at radius 3 is 2.63 bits per heavy atom. The summed E-state index contributed by atoms with van der Waals surface area (Å²) in [4.78, 5) is 0. The van der Waals surface area contributed by atoms with Gasteiger partial charge in [-0.1, -0.05) is 11.6 Å². The lowest BCUT2D eigenvalue weighted by Crippen LogP contribution is -1.92. The summed E-state index contributed by atoms with van der Waals surface area (Å²) < 4.78 is 11.2. The molecule has 3 rings (SSSR count). The maximum atomic E-state index is 9.18. The van der Waals surface area contributed by atoms with Crippen molar-refractivity contribution in [2.75, 3.05) is 0 Å². The average Bonchev–Trinajstić information content (AvgIpc) is 2.80. The first kappa shape index (κ1) is 11.9. The van der Waals surface area contributed by atoms with Crippen molar-refractivity contribution in [3.05, 3.63) is 59.3 Å². The first-order chi connectivity index (χ1) is 9.20. The lowest BCUT2D eigenvalue weighted by atomic mass is 10.2. The third kappa shape index (κ3) is 2.66. The van der Waals surface area contributed by atoms with Crippen LogP contribution in [0.2, 0.25) is 5.02 Å². The molecule has 0 saturated carbocycles. The first-order valence-electron chi connectivity index (χ1n) is 5.80. The zero-order valence-corrected chi connectivity index (χ0v) is 10.7. The zero-order chi connectivity index (χ0) is 13.2. The van der Waals surface area contributed by atoms with Gasteiger partial charge in [0.2, 0.25) is 0 Å². The molecule has 0 aliphatic carbocycles. The highest BCUT2D eigenvalue weighted by Crippen LogP contribution is 2.24. The molecule has 0 aliphatic heterocycles. The molecule has 1 heterocycles. The van der Waals surface area contributed by atoms with Gasteiger partial charge in [-0.15, -0.1) is 0 Å². The molecule has 1 aromatic heterocycles. The van der Waals surface area contributed by atoms with E-state index in [0.29, 0.717) is 17.4 Å². The van der Waals surface area contributed by atoms with Gasteiger partial charge < -0.3 is 14.3 Å². The molecule has 4 heteroatoms. The number of ether oxygens (including phenoxy) is 1. The molecule has 0 atom stereocenters. The third-order valence-electron chi connectivity index (χ3n) is 2.75. The van der Waals surface area contributed by atoms with E-state index in [4.69, 9.17) is 20.8 Å². The minimum absolute atomic E-state index is 0.214. The Hall–Kier alpha value is -2.13. The maximum absolute atomic E-state index is 9.18. The highest BCUT2D eigenvalue weighted by atomic mass is 35.5. The molecule has 0 spiro atoms. The van der Waals surface area contributed by atoms with Crippen molar-refractivity contribution in [3.8, 4) is 11.5 Å². The Labute approximate surface area is 115 Å². The second kappa shape index (κ2) is 4.86. The molecule has 3 nitrogen and oxygen atoms in total. The number of hydrogen-bond donors (Lipinski definition) is 1. The van der Waals surface area contributed by atoms with Gasteiger partial charge in [0, 0.05) is 16.5 Å². The lowest BCUT2D eigenvalue weighted by molar-refractivity contribution is 0.274. The summed E-state index contributed by atoms with van der Waals surface area (Å²) in [7, 11) is 0. The highest BCUT2D eigenvalue weighted by Gasteiger charge is 2.05. The predicted molar refractivity (Wildman–Crippen MR) is 73.7 cm³/mol. The Kier molecular flexibility index (Phi) is 3.05.